The van der Waals surface area contributed by atoms with Gasteiger partial charge >= 0.3 is 0 Å². The fourth-order valence-electron chi connectivity index (χ4n) is 2.55. The van der Waals surface area contributed by atoms with Gasteiger partial charge in [0.2, 0.25) is 5.91 Å². The molecule has 1 N–H and O–H groups in total. The largest absolute Gasteiger partial charge is 0.324 e. The van der Waals surface area contributed by atoms with Crippen molar-refractivity contribution in [2.45, 2.75) is 19.9 Å². The van der Waals surface area contributed by atoms with Crippen molar-refractivity contribution >= 4 is 17.3 Å². The van der Waals surface area contributed by atoms with Crippen LogP contribution in [0.2, 0.25) is 0 Å². The van der Waals surface area contributed by atoms with E-state index in [4.69, 9.17) is 4.99 Å². The van der Waals surface area contributed by atoms with Crippen molar-refractivity contribution in [1.82, 2.24) is 0 Å². The molecule has 0 aliphatic carbocycles. The maximum atomic E-state index is 12.4. The molecule has 0 spiro atoms. The number of anilines is 1. The fraction of sp³-hybridized carbons (Fsp3) is 0.222. The summed E-state index contributed by atoms with van der Waals surface area (Å²) in [6, 6.07) is 17.5. The van der Waals surface area contributed by atoms with E-state index in [0.29, 0.717) is 0 Å². The van der Waals surface area contributed by atoms with Crippen molar-refractivity contribution in [3.8, 4) is 0 Å². The first kappa shape index (κ1) is 13.6. The van der Waals surface area contributed by atoms with Gasteiger partial charge in [-0.25, -0.2) is 0 Å². The van der Waals surface area contributed by atoms with Gasteiger partial charge in [-0.2, -0.15) is 0 Å². The molecule has 0 saturated carbocycles. The van der Waals surface area contributed by atoms with Gasteiger partial charge in [0.1, 0.15) is 6.04 Å². The first-order valence-corrected chi connectivity index (χ1v) is 7.20. The summed E-state index contributed by atoms with van der Waals surface area (Å²) >= 11 is 0. The summed E-state index contributed by atoms with van der Waals surface area (Å²) < 4.78 is 0. The third-order valence-electron chi connectivity index (χ3n) is 3.66. The van der Waals surface area contributed by atoms with Crippen molar-refractivity contribution in [2.24, 2.45) is 10.9 Å². The molecule has 2 aromatic rings. The van der Waals surface area contributed by atoms with Gasteiger partial charge in [0.25, 0.3) is 0 Å². The van der Waals surface area contributed by atoms with E-state index in [1.54, 1.807) is 0 Å². The lowest BCUT2D eigenvalue weighted by molar-refractivity contribution is -0.118. The molecule has 1 heterocycles. The Balaban J connectivity index is 2.20. The van der Waals surface area contributed by atoms with Crippen LogP contribution in [-0.4, -0.2) is 17.7 Å². The molecule has 1 aliphatic heterocycles. The van der Waals surface area contributed by atoms with Crippen molar-refractivity contribution < 1.29 is 4.79 Å². The summed E-state index contributed by atoms with van der Waals surface area (Å²) in [5.41, 5.74) is 3.71. The molecule has 0 aromatic heterocycles. The Bertz CT molecular complexity index is 689. The van der Waals surface area contributed by atoms with Crippen molar-refractivity contribution in [3.05, 3.63) is 65.7 Å². The number of nitrogens with one attached hydrogen (secondary N) is 1. The third kappa shape index (κ3) is 2.59. The lowest BCUT2D eigenvalue weighted by Gasteiger charge is -2.14. The lowest BCUT2D eigenvalue weighted by atomic mass is 10.00. The zero-order valence-electron chi connectivity index (χ0n) is 12.2. The van der Waals surface area contributed by atoms with Crippen LogP contribution in [0.1, 0.15) is 25.0 Å². The highest BCUT2D eigenvalue weighted by Gasteiger charge is 2.27. The number of para-hydroxylation sites is 1. The Kier molecular flexibility index (Phi) is 3.57. The average molecular weight is 278 g/mol. The van der Waals surface area contributed by atoms with Crippen LogP contribution in [0.4, 0.5) is 5.69 Å². The minimum absolute atomic E-state index is 0.0385. The molecule has 106 valence electrons. The number of fused-ring (bicyclic) bond motifs is 1. The molecule has 0 bridgehead atoms. The van der Waals surface area contributed by atoms with Gasteiger partial charge in [-0.05, 0) is 12.0 Å². The predicted molar refractivity (Wildman–Crippen MR) is 85.8 cm³/mol. The molecule has 1 aliphatic rings. The highest BCUT2D eigenvalue weighted by atomic mass is 16.2. The quantitative estimate of drug-likeness (QED) is 0.897. The number of hydrogen-bond acceptors (Lipinski definition) is 2. The second-order valence-corrected chi connectivity index (χ2v) is 5.57. The minimum atomic E-state index is -0.368. The molecule has 1 atom stereocenters. The Morgan fingerprint density at radius 3 is 2.38 bits per heavy atom. The summed E-state index contributed by atoms with van der Waals surface area (Å²) in [7, 11) is 0. The maximum Gasteiger partial charge on any atom is 0.249 e. The van der Waals surface area contributed by atoms with E-state index >= 15 is 0 Å². The van der Waals surface area contributed by atoms with Gasteiger partial charge in [-0.1, -0.05) is 62.4 Å². The number of nitrogens with zero attached hydrogens (tertiary/aromatic N) is 1. The van der Waals surface area contributed by atoms with Gasteiger partial charge in [-0.15, -0.1) is 0 Å². The summed E-state index contributed by atoms with van der Waals surface area (Å²) in [6.45, 7) is 4.04. The molecule has 0 saturated heterocycles. The van der Waals surface area contributed by atoms with Crippen LogP contribution in [0.25, 0.3) is 0 Å². The molecule has 2 aromatic carbocycles. The van der Waals surface area contributed by atoms with Crippen molar-refractivity contribution in [1.29, 1.82) is 0 Å². The molecular weight excluding hydrogens is 260 g/mol. The van der Waals surface area contributed by atoms with E-state index in [2.05, 4.69) is 5.32 Å². The van der Waals surface area contributed by atoms with Crippen molar-refractivity contribution in [2.75, 3.05) is 5.32 Å². The third-order valence-corrected chi connectivity index (χ3v) is 3.66. The number of amides is 1. The molecule has 21 heavy (non-hydrogen) atoms. The van der Waals surface area contributed by atoms with Crippen LogP contribution in [0.15, 0.2) is 59.6 Å². The van der Waals surface area contributed by atoms with Gasteiger partial charge in [0.05, 0.1) is 11.4 Å². The van der Waals surface area contributed by atoms with Gasteiger partial charge < -0.3 is 5.32 Å². The molecular formula is C18H18N2O. The van der Waals surface area contributed by atoms with Crippen LogP contribution in [0.3, 0.4) is 0 Å². The summed E-state index contributed by atoms with van der Waals surface area (Å²) in [4.78, 5) is 17.1. The fourth-order valence-corrected chi connectivity index (χ4v) is 2.55. The summed E-state index contributed by atoms with van der Waals surface area (Å²) in [6.07, 6.45) is 0. The topological polar surface area (TPSA) is 41.5 Å². The van der Waals surface area contributed by atoms with Crippen LogP contribution in [-0.2, 0) is 4.79 Å². The Labute approximate surface area is 124 Å². The Morgan fingerprint density at radius 2 is 1.67 bits per heavy atom. The first-order valence-electron chi connectivity index (χ1n) is 7.20. The second-order valence-electron chi connectivity index (χ2n) is 5.57. The van der Waals surface area contributed by atoms with E-state index in [1.807, 2.05) is 68.4 Å². The van der Waals surface area contributed by atoms with Gasteiger partial charge in [-0.3, -0.25) is 9.79 Å². The second kappa shape index (κ2) is 5.52. The zero-order valence-corrected chi connectivity index (χ0v) is 12.2. The minimum Gasteiger partial charge on any atom is -0.324 e. The lowest BCUT2D eigenvalue weighted by Crippen LogP contribution is -2.30. The molecule has 0 radical (unpaired) electrons. The van der Waals surface area contributed by atoms with E-state index in [1.165, 1.54) is 0 Å². The van der Waals surface area contributed by atoms with Gasteiger partial charge in [0.15, 0.2) is 0 Å². The Hall–Kier alpha value is -2.42. The summed E-state index contributed by atoms with van der Waals surface area (Å²) in [5, 5.41) is 3.00. The van der Waals surface area contributed by atoms with E-state index in [-0.39, 0.29) is 17.9 Å². The van der Waals surface area contributed by atoms with Crippen LogP contribution < -0.4 is 5.32 Å². The molecule has 3 heteroatoms. The molecule has 3 rings (SSSR count). The summed E-state index contributed by atoms with van der Waals surface area (Å²) in [5.74, 6) is 0.112. The van der Waals surface area contributed by atoms with Crippen LogP contribution >= 0.6 is 0 Å². The van der Waals surface area contributed by atoms with Crippen molar-refractivity contribution in [3.63, 3.8) is 0 Å². The average Bonchev–Trinajstić information content (AvgIpc) is 2.64. The number of rotatable bonds is 2. The predicted octanol–water partition coefficient (Wildman–Crippen LogP) is 3.50. The highest BCUT2D eigenvalue weighted by molar-refractivity contribution is 6.19. The SMILES string of the molecule is CC(C)[C@H]1N=C(c2ccccc2)c2ccccc2NC1=O. The monoisotopic (exact) mass is 278 g/mol. The number of benzene rings is 2. The first-order chi connectivity index (χ1) is 10.2. The van der Waals surface area contributed by atoms with Crippen LogP contribution in [0.5, 0.6) is 0 Å². The molecule has 1 amide bonds. The number of carbonyl (C=O) groups is 1. The maximum absolute atomic E-state index is 12.4. The van der Waals surface area contributed by atoms with Gasteiger partial charge in [0, 0.05) is 11.1 Å². The number of hydrogen-bond donors (Lipinski definition) is 1. The van der Waals surface area contributed by atoms with E-state index in [0.717, 1.165) is 22.5 Å². The molecule has 3 nitrogen and oxygen atoms in total. The standard InChI is InChI=1S/C18H18N2O/c1-12(2)16-18(21)19-15-11-7-6-10-14(15)17(20-16)13-8-4-3-5-9-13/h3-12,16H,1-2H3,(H,19,21)/t16-/m1/s1. The molecule has 0 unspecified atom stereocenters. The highest BCUT2D eigenvalue weighted by Crippen LogP contribution is 2.25. The number of benzodiazepines with no additional fused rings is 1. The van der Waals surface area contributed by atoms with E-state index in [9.17, 15) is 4.79 Å². The zero-order chi connectivity index (χ0) is 14.8. The number of aliphatic imine (C=N–C) groups is 1. The Morgan fingerprint density at radius 1 is 1.00 bits per heavy atom. The van der Waals surface area contributed by atoms with Crippen LogP contribution in [0, 0.1) is 5.92 Å². The van der Waals surface area contributed by atoms with E-state index < -0.39 is 0 Å². The normalized spacial score (nSPS) is 17.8. The smallest absolute Gasteiger partial charge is 0.249 e. The number of carbonyl (C=O) groups excluding carboxylic acids is 1. The molecule has 0 fully saturated rings.